The summed E-state index contributed by atoms with van der Waals surface area (Å²) in [5.74, 6) is -0.117. The molecule has 1 unspecified atom stereocenters. The van der Waals surface area contributed by atoms with Crippen molar-refractivity contribution < 1.29 is 19.0 Å². The van der Waals surface area contributed by atoms with Gasteiger partial charge in [0.15, 0.2) is 0 Å². The molecule has 0 bridgehead atoms. The Balaban J connectivity index is 2.00. The lowest BCUT2D eigenvalue weighted by Crippen LogP contribution is -2.25. The number of allylic oxidation sites excluding steroid dienone is 1. The van der Waals surface area contributed by atoms with Gasteiger partial charge in [-0.15, -0.1) is 0 Å². The van der Waals surface area contributed by atoms with Crippen LogP contribution in [0.15, 0.2) is 11.8 Å². The first kappa shape index (κ1) is 9.52. The van der Waals surface area contributed by atoms with Gasteiger partial charge in [-0.05, 0) is 6.42 Å². The van der Waals surface area contributed by atoms with Crippen LogP contribution in [0.25, 0.3) is 0 Å². The Hall–Kier alpha value is -1.03. The summed E-state index contributed by atoms with van der Waals surface area (Å²) in [5, 5.41) is 0. The molecule has 0 N–H and O–H groups in total. The van der Waals surface area contributed by atoms with Crippen LogP contribution in [0.1, 0.15) is 25.7 Å². The number of carbonyl (C=O) groups is 1. The van der Waals surface area contributed by atoms with Crippen LogP contribution in [-0.4, -0.2) is 25.5 Å². The highest BCUT2D eigenvalue weighted by Crippen LogP contribution is 2.40. The normalized spacial score (nSPS) is 33.6. The Morgan fingerprint density at radius 2 is 2.43 bits per heavy atom. The van der Waals surface area contributed by atoms with Gasteiger partial charge in [0, 0.05) is 19.3 Å². The van der Waals surface area contributed by atoms with Gasteiger partial charge in [-0.2, -0.15) is 0 Å². The average molecular weight is 198 g/mol. The Labute approximate surface area is 82.8 Å². The average Bonchev–Trinajstić information content (AvgIpc) is 2.78. The van der Waals surface area contributed by atoms with Gasteiger partial charge in [0.25, 0.3) is 0 Å². The van der Waals surface area contributed by atoms with E-state index in [1.165, 1.54) is 13.2 Å². The molecule has 2 rings (SSSR count). The van der Waals surface area contributed by atoms with E-state index in [9.17, 15) is 4.79 Å². The summed E-state index contributed by atoms with van der Waals surface area (Å²) in [6.45, 7) is 0.755. The summed E-state index contributed by atoms with van der Waals surface area (Å²) in [5.41, 5.74) is 0. The summed E-state index contributed by atoms with van der Waals surface area (Å²) >= 11 is 0. The Kier molecular flexibility index (Phi) is 2.46. The molecule has 2 aliphatic rings. The van der Waals surface area contributed by atoms with Crippen molar-refractivity contribution in [2.75, 3.05) is 13.7 Å². The fraction of sp³-hybridized carbons (Fsp3) is 0.700. The second-order valence-electron chi connectivity index (χ2n) is 3.60. The molecule has 0 radical (unpaired) electrons. The van der Waals surface area contributed by atoms with Crippen molar-refractivity contribution in [2.45, 2.75) is 31.5 Å². The second-order valence-corrected chi connectivity index (χ2v) is 3.60. The maximum absolute atomic E-state index is 11.0. The van der Waals surface area contributed by atoms with Gasteiger partial charge < -0.3 is 14.2 Å². The second kappa shape index (κ2) is 3.61. The molecular formula is C10H14O4. The van der Waals surface area contributed by atoms with Crippen molar-refractivity contribution >= 4 is 5.97 Å². The molecule has 1 atom stereocenters. The van der Waals surface area contributed by atoms with E-state index < -0.39 is 5.79 Å². The van der Waals surface area contributed by atoms with Crippen LogP contribution in [0, 0.1) is 0 Å². The minimum atomic E-state index is -0.431. The van der Waals surface area contributed by atoms with Crippen molar-refractivity contribution in [3.05, 3.63) is 11.8 Å². The fourth-order valence-corrected chi connectivity index (χ4v) is 1.90. The van der Waals surface area contributed by atoms with Crippen LogP contribution in [-0.2, 0) is 19.0 Å². The molecule has 14 heavy (non-hydrogen) atoms. The molecule has 2 fully saturated rings. The zero-order valence-electron chi connectivity index (χ0n) is 8.25. The molecule has 78 valence electrons. The molecular weight excluding hydrogens is 184 g/mol. The standard InChI is InChI=1S/C10H14O4/c1-12-9(11)7-8-3-5-10(14-8)4-2-6-13-10/h7H,2-6H2,1H3/b8-7+. The van der Waals surface area contributed by atoms with Crippen molar-refractivity contribution in [3.63, 3.8) is 0 Å². The Morgan fingerprint density at radius 1 is 1.57 bits per heavy atom. The molecule has 0 amide bonds. The smallest absolute Gasteiger partial charge is 0.333 e. The van der Waals surface area contributed by atoms with Crippen LogP contribution in [0.4, 0.5) is 0 Å². The molecule has 0 aliphatic carbocycles. The molecule has 0 saturated carbocycles. The summed E-state index contributed by atoms with van der Waals surface area (Å²) in [6.07, 6.45) is 4.96. The molecule has 4 nitrogen and oxygen atoms in total. The summed E-state index contributed by atoms with van der Waals surface area (Å²) in [4.78, 5) is 11.0. The third-order valence-corrected chi connectivity index (χ3v) is 2.62. The van der Waals surface area contributed by atoms with Gasteiger partial charge in [-0.1, -0.05) is 0 Å². The SMILES string of the molecule is COC(=O)/C=C1\CCC2(CCCO2)O1. The predicted molar refractivity (Wildman–Crippen MR) is 48.3 cm³/mol. The summed E-state index contributed by atoms with van der Waals surface area (Å²) < 4.78 is 15.7. The third kappa shape index (κ3) is 1.75. The van der Waals surface area contributed by atoms with Gasteiger partial charge in [-0.25, -0.2) is 4.79 Å². The highest BCUT2D eigenvalue weighted by Gasteiger charge is 2.42. The van der Waals surface area contributed by atoms with E-state index in [4.69, 9.17) is 9.47 Å². The quantitative estimate of drug-likeness (QED) is 0.471. The van der Waals surface area contributed by atoms with Crippen molar-refractivity contribution in [1.82, 2.24) is 0 Å². The third-order valence-electron chi connectivity index (χ3n) is 2.62. The van der Waals surface area contributed by atoms with E-state index in [2.05, 4.69) is 4.74 Å². The molecule has 4 heteroatoms. The zero-order valence-corrected chi connectivity index (χ0v) is 8.25. The van der Waals surface area contributed by atoms with E-state index in [0.717, 1.165) is 32.3 Å². The van der Waals surface area contributed by atoms with Crippen molar-refractivity contribution in [3.8, 4) is 0 Å². The van der Waals surface area contributed by atoms with Crippen molar-refractivity contribution in [1.29, 1.82) is 0 Å². The Morgan fingerprint density at radius 3 is 3.07 bits per heavy atom. The number of rotatable bonds is 1. The minimum Gasteiger partial charge on any atom is -0.466 e. The first-order valence-corrected chi connectivity index (χ1v) is 4.86. The maximum atomic E-state index is 11.0. The van der Waals surface area contributed by atoms with E-state index in [1.807, 2.05) is 0 Å². The predicted octanol–water partition coefficient (Wildman–Crippen LogP) is 1.36. The van der Waals surface area contributed by atoms with Crippen LogP contribution in [0.2, 0.25) is 0 Å². The lowest BCUT2D eigenvalue weighted by Gasteiger charge is -2.21. The number of hydrogen-bond acceptors (Lipinski definition) is 4. The largest absolute Gasteiger partial charge is 0.466 e. The topological polar surface area (TPSA) is 44.8 Å². The van der Waals surface area contributed by atoms with Gasteiger partial charge in [0.05, 0.1) is 19.8 Å². The number of ether oxygens (including phenoxy) is 3. The number of hydrogen-bond donors (Lipinski definition) is 0. The highest BCUT2D eigenvalue weighted by atomic mass is 16.7. The first-order chi connectivity index (χ1) is 6.74. The number of esters is 1. The highest BCUT2D eigenvalue weighted by molar-refractivity contribution is 5.82. The van der Waals surface area contributed by atoms with E-state index >= 15 is 0 Å². The zero-order chi connectivity index (χ0) is 10.0. The monoisotopic (exact) mass is 198 g/mol. The Bertz CT molecular complexity index is 263. The molecule has 1 spiro atoms. The van der Waals surface area contributed by atoms with Crippen molar-refractivity contribution in [2.24, 2.45) is 0 Å². The van der Waals surface area contributed by atoms with Gasteiger partial charge in [0.1, 0.15) is 5.76 Å². The van der Waals surface area contributed by atoms with Crippen LogP contribution >= 0.6 is 0 Å². The van der Waals surface area contributed by atoms with Crippen LogP contribution in [0.3, 0.4) is 0 Å². The molecule has 0 aromatic heterocycles. The molecule has 0 aromatic carbocycles. The summed E-state index contributed by atoms with van der Waals surface area (Å²) in [7, 11) is 1.36. The van der Waals surface area contributed by atoms with Crippen LogP contribution in [0.5, 0.6) is 0 Å². The lowest BCUT2D eigenvalue weighted by atomic mass is 10.1. The molecule has 2 aliphatic heterocycles. The van der Waals surface area contributed by atoms with E-state index in [0.29, 0.717) is 5.76 Å². The lowest BCUT2D eigenvalue weighted by molar-refractivity contribution is -0.163. The van der Waals surface area contributed by atoms with Gasteiger partial charge in [-0.3, -0.25) is 0 Å². The molecule has 2 heterocycles. The van der Waals surface area contributed by atoms with E-state index in [1.54, 1.807) is 0 Å². The fourth-order valence-electron chi connectivity index (χ4n) is 1.90. The van der Waals surface area contributed by atoms with E-state index in [-0.39, 0.29) is 5.97 Å². The van der Waals surface area contributed by atoms with Gasteiger partial charge >= 0.3 is 5.97 Å². The van der Waals surface area contributed by atoms with Gasteiger partial charge in [0.2, 0.25) is 5.79 Å². The first-order valence-electron chi connectivity index (χ1n) is 4.86. The molecule has 2 saturated heterocycles. The number of methoxy groups -OCH3 is 1. The summed E-state index contributed by atoms with van der Waals surface area (Å²) in [6, 6.07) is 0. The molecule has 0 aromatic rings. The van der Waals surface area contributed by atoms with Crippen LogP contribution < -0.4 is 0 Å². The minimum absolute atomic E-state index is 0.366. The maximum Gasteiger partial charge on any atom is 0.333 e. The number of carbonyl (C=O) groups excluding carboxylic acids is 1.